The zero-order chi connectivity index (χ0) is 11.7. The van der Waals surface area contributed by atoms with E-state index in [0.29, 0.717) is 13.0 Å². The Kier molecular flexibility index (Phi) is 8.12. The molecule has 0 atom stereocenters. The molecule has 90 valence electrons. The minimum atomic E-state index is -2.51. The number of hydrogen-bond donors (Lipinski definition) is 1. The van der Waals surface area contributed by atoms with Crippen molar-refractivity contribution in [1.82, 2.24) is 4.90 Å². The van der Waals surface area contributed by atoms with Crippen LogP contribution in [-0.4, -0.2) is 50.6 Å². The molecule has 6 heteroatoms. The van der Waals surface area contributed by atoms with Crippen molar-refractivity contribution in [3.63, 3.8) is 0 Å². The van der Waals surface area contributed by atoms with Crippen LogP contribution in [0.2, 0.25) is 0 Å². The summed E-state index contributed by atoms with van der Waals surface area (Å²) in [5.41, 5.74) is 5.23. The van der Waals surface area contributed by atoms with Gasteiger partial charge in [-0.25, -0.2) is 8.78 Å². The number of halogens is 2. The third-order valence-electron chi connectivity index (χ3n) is 1.85. The number of carbonyl (C=O) groups excluding carboxylic acids is 1. The summed E-state index contributed by atoms with van der Waals surface area (Å²) in [6.07, 6.45) is -1.75. The minimum absolute atomic E-state index is 0.177. The van der Waals surface area contributed by atoms with Crippen molar-refractivity contribution in [2.24, 2.45) is 5.73 Å². The molecular formula is C9H18F2N2O2. The first kappa shape index (κ1) is 14.2. The van der Waals surface area contributed by atoms with E-state index in [9.17, 15) is 13.6 Å². The lowest BCUT2D eigenvalue weighted by molar-refractivity contribution is -0.133. The van der Waals surface area contributed by atoms with Gasteiger partial charge in [0.2, 0.25) is 5.91 Å². The van der Waals surface area contributed by atoms with Crippen LogP contribution in [0.4, 0.5) is 8.78 Å². The lowest BCUT2D eigenvalue weighted by Crippen LogP contribution is -2.38. The van der Waals surface area contributed by atoms with Crippen LogP contribution in [-0.2, 0) is 9.53 Å². The smallest absolute Gasteiger partial charge is 0.255 e. The topological polar surface area (TPSA) is 55.6 Å². The number of hydrogen-bond acceptors (Lipinski definition) is 3. The molecule has 0 aliphatic heterocycles. The Morgan fingerprint density at radius 1 is 1.53 bits per heavy atom. The standard InChI is InChI=1S/C9H18F2N2O2/c1-15-6-2-3-9(14)13(5-4-12)7-8(10)11/h8H,2-7,12H2,1H3. The summed E-state index contributed by atoms with van der Waals surface area (Å²) in [4.78, 5) is 12.5. The number of rotatable bonds is 8. The van der Waals surface area contributed by atoms with Gasteiger partial charge in [0.1, 0.15) is 0 Å². The lowest BCUT2D eigenvalue weighted by atomic mass is 10.3. The molecule has 0 saturated carbocycles. The van der Waals surface area contributed by atoms with Crippen molar-refractivity contribution >= 4 is 5.91 Å². The van der Waals surface area contributed by atoms with E-state index < -0.39 is 13.0 Å². The van der Waals surface area contributed by atoms with E-state index in [4.69, 9.17) is 10.5 Å². The highest BCUT2D eigenvalue weighted by atomic mass is 19.3. The molecule has 0 aromatic heterocycles. The molecule has 0 fully saturated rings. The summed E-state index contributed by atoms with van der Waals surface area (Å²) in [7, 11) is 1.53. The first-order valence-corrected chi connectivity index (χ1v) is 4.86. The highest BCUT2D eigenvalue weighted by Gasteiger charge is 2.16. The van der Waals surface area contributed by atoms with Crippen molar-refractivity contribution in [2.75, 3.05) is 33.4 Å². The summed E-state index contributed by atoms with van der Waals surface area (Å²) >= 11 is 0. The molecule has 1 amide bonds. The summed E-state index contributed by atoms with van der Waals surface area (Å²) in [6.45, 7) is 0.290. The summed E-state index contributed by atoms with van der Waals surface area (Å²) in [5.74, 6) is -0.294. The predicted octanol–water partition coefficient (Wildman–Crippen LogP) is 0.465. The Morgan fingerprint density at radius 3 is 2.67 bits per heavy atom. The number of methoxy groups -OCH3 is 1. The average molecular weight is 224 g/mol. The minimum Gasteiger partial charge on any atom is -0.385 e. The third-order valence-corrected chi connectivity index (χ3v) is 1.85. The van der Waals surface area contributed by atoms with Crippen molar-refractivity contribution in [2.45, 2.75) is 19.3 Å². The maximum Gasteiger partial charge on any atom is 0.255 e. The fourth-order valence-electron chi connectivity index (χ4n) is 1.17. The van der Waals surface area contributed by atoms with Gasteiger partial charge in [-0.05, 0) is 6.42 Å². The first-order valence-electron chi connectivity index (χ1n) is 4.86. The van der Waals surface area contributed by atoms with Gasteiger partial charge < -0.3 is 15.4 Å². The molecule has 2 N–H and O–H groups in total. The van der Waals surface area contributed by atoms with Crippen molar-refractivity contribution in [3.8, 4) is 0 Å². The quantitative estimate of drug-likeness (QED) is 0.610. The number of amides is 1. The number of nitrogens with zero attached hydrogens (tertiary/aromatic N) is 1. The molecule has 0 aliphatic carbocycles. The second-order valence-corrected chi connectivity index (χ2v) is 3.12. The Hall–Kier alpha value is -0.750. The van der Waals surface area contributed by atoms with E-state index in [1.807, 2.05) is 0 Å². The van der Waals surface area contributed by atoms with Crippen LogP contribution in [0, 0.1) is 0 Å². The molecule has 0 aliphatic rings. The van der Waals surface area contributed by atoms with Crippen LogP contribution in [0.1, 0.15) is 12.8 Å². The van der Waals surface area contributed by atoms with Gasteiger partial charge in [0.25, 0.3) is 6.43 Å². The Morgan fingerprint density at radius 2 is 2.20 bits per heavy atom. The molecule has 0 rings (SSSR count). The Balaban J connectivity index is 3.92. The van der Waals surface area contributed by atoms with Crippen molar-refractivity contribution < 1.29 is 18.3 Å². The van der Waals surface area contributed by atoms with Gasteiger partial charge in [0, 0.05) is 33.2 Å². The van der Waals surface area contributed by atoms with Gasteiger partial charge in [-0.15, -0.1) is 0 Å². The van der Waals surface area contributed by atoms with E-state index in [1.54, 1.807) is 0 Å². The predicted molar refractivity (Wildman–Crippen MR) is 52.7 cm³/mol. The van der Waals surface area contributed by atoms with Crippen molar-refractivity contribution in [1.29, 1.82) is 0 Å². The molecule has 0 aromatic rings. The largest absolute Gasteiger partial charge is 0.385 e. The molecule has 0 heterocycles. The second-order valence-electron chi connectivity index (χ2n) is 3.12. The van der Waals surface area contributed by atoms with Gasteiger partial charge >= 0.3 is 0 Å². The van der Waals surface area contributed by atoms with E-state index >= 15 is 0 Å². The molecule has 0 radical (unpaired) electrons. The third kappa shape index (κ3) is 7.21. The SMILES string of the molecule is COCCCC(=O)N(CCN)CC(F)F. The Bertz CT molecular complexity index is 179. The van der Waals surface area contributed by atoms with Crippen LogP contribution < -0.4 is 5.73 Å². The van der Waals surface area contributed by atoms with Gasteiger partial charge in [-0.2, -0.15) is 0 Å². The van der Waals surface area contributed by atoms with Crippen LogP contribution in [0.5, 0.6) is 0 Å². The van der Waals surface area contributed by atoms with Gasteiger partial charge in [0.15, 0.2) is 0 Å². The molecule has 0 spiro atoms. The van der Waals surface area contributed by atoms with Crippen LogP contribution in [0.15, 0.2) is 0 Å². The highest BCUT2D eigenvalue weighted by molar-refractivity contribution is 5.76. The molecule has 0 unspecified atom stereocenters. The lowest BCUT2D eigenvalue weighted by Gasteiger charge is -2.21. The van der Waals surface area contributed by atoms with Crippen LogP contribution >= 0.6 is 0 Å². The molecule has 0 saturated heterocycles. The maximum absolute atomic E-state index is 12.1. The first-order chi connectivity index (χ1) is 7.11. The normalized spacial score (nSPS) is 10.7. The molecule has 4 nitrogen and oxygen atoms in total. The molecule has 0 bridgehead atoms. The molecule has 15 heavy (non-hydrogen) atoms. The van der Waals surface area contributed by atoms with E-state index in [-0.39, 0.29) is 25.4 Å². The molecule has 0 aromatic carbocycles. The van der Waals surface area contributed by atoms with E-state index in [2.05, 4.69) is 0 Å². The number of ether oxygens (including phenoxy) is 1. The average Bonchev–Trinajstić information content (AvgIpc) is 2.17. The van der Waals surface area contributed by atoms with E-state index in [0.717, 1.165) is 4.90 Å². The number of nitrogens with two attached hydrogens (primary N) is 1. The fourth-order valence-corrected chi connectivity index (χ4v) is 1.17. The maximum atomic E-state index is 12.1. The monoisotopic (exact) mass is 224 g/mol. The highest BCUT2D eigenvalue weighted by Crippen LogP contribution is 2.02. The number of carbonyl (C=O) groups is 1. The second kappa shape index (κ2) is 8.55. The van der Waals surface area contributed by atoms with Gasteiger partial charge in [0.05, 0.1) is 6.54 Å². The zero-order valence-corrected chi connectivity index (χ0v) is 8.92. The summed E-state index contributed by atoms with van der Waals surface area (Å²) in [6, 6.07) is 0. The zero-order valence-electron chi connectivity index (χ0n) is 8.92. The summed E-state index contributed by atoms with van der Waals surface area (Å²) < 4.78 is 29.0. The van der Waals surface area contributed by atoms with Crippen LogP contribution in [0.25, 0.3) is 0 Å². The van der Waals surface area contributed by atoms with Crippen LogP contribution in [0.3, 0.4) is 0 Å². The van der Waals surface area contributed by atoms with Crippen molar-refractivity contribution in [3.05, 3.63) is 0 Å². The van der Waals surface area contributed by atoms with Gasteiger partial charge in [-0.3, -0.25) is 4.79 Å². The summed E-state index contributed by atoms with van der Waals surface area (Å²) in [5, 5.41) is 0. The fraction of sp³-hybridized carbons (Fsp3) is 0.889. The van der Waals surface area contributed by atoms with E-state index in [1.165, 1.54) is 7.11 Å². The molecular weight excluding hydrogens is 206 g/mol. The Labute approximate surface area is 88.4 Å². The number of alkyl halides is 2. The van der Waals surface area contributed by atoms with Gasteiger partial charge in [-0.1, -0.05) is 0 Å².